The van der Waals surface area contributed by atoms with Crippen LogP contribution in [0.1, 0.15) is 18.1 Å². The van der Waals surface area contributed by atoms with Gasteiger partial charge in [0.25, 0.3) is 0 Å². The fourth-order valence-corrected chi connectivity index (χ4v) is 2.73. The van der Waals surface area contributed by atoms with Gasteiger partial charge in [-0.25, -0.2) is 0 Å². The maximum absolute atomic E-state index is 6.18. The first-order valence-electron chi connectivity index (χ1n) is 6.53. The molecule has 0 heterocycles. The fourth-order valence-electron chi connectivity index (χ4n) is 1.91. The maximum Gasteiger partial charge on any atom is 0.165 e. The molecule has 2 aromatic carbocycles. The Morgan fingerprint density at radius 1 is 1.00 bits per heavy atom. The van der Waals surface area contributed by atoms with E-state index >= 15 is 0 Å². The Morgan fingerprint density at radius 2 is 1.71 bits per heavy atom. The van der Waals surface area contributed by atoms with Crippen molar-refractivity contribution in [3.63, 3.8) is 0 Å². The highest BCUT2D eigenvalue weighted by Gasteiger charge is 2.12. The van der Waals surface area contributed by atoms with Crippen molar-refractivity contribution in [1.82, 2.24) is 0 Å². The summed E-state index contributed by atoms with van der Waals surface area (Å²) in [7, 11) is 0. The molecule has 0 amide bonds. The number of para-hydroxylation sites is 1. The zero-order valence-electron chi connectivity index (χ0n) is 11.5. The van der Waals surface area contributed by atoms with Crippen LogP contribution in [-0.2, 0) is 11.9 Å². The van der Waals surface area contributed by atoms with E-state index in [4.69, 9.17) is 32.7 Å². The molecule has 2 aromatic rings. The summed E-state index contributed by atoms with van der Waals surface area (Å²) in [6.07, 6.45) is 0. The van der Waals surface area contributed by atoms with Crippen molar-refractivity contribution < 1.29 is 9.47 Å². The Balaban J connectivity index is 2.24. The number of rotatable bonds is 6. The summed E-state index contributed by atoms with van der Waals surface area (Å²) >= 11 is 15.7. The van der Waals surface area contributed by atoms with E-state index in [9.17, 15) is 0 Å². The molecule has 2 rings (SSSR count). The summed E-state index contributed by atoms with van der Waals surface area (Å²) < 4.78 is 11.6. The number of ether oxygens (including phenoxy) is 2. The van der Waals surface area contributed by atoms with Gasteiger partial charge in [-0.05, 0) is 19.1 Å². The standard InChI is InChI=1S/C16H15BrCl2O2/c1-2-20-14-8-4-5-11(9-17)16(14)21-10-12-6-3-7-13(18)15(12)19/h3-8H,2,9-10H2,1H3. The largest absolute Gasteiger partial charge is 0.490 e. The molecule has 0 saturated carbocycles. The lowest BCUT2D eigenvalue weighted by atomic mass is 10.2. The van der Waals surface area contributed by atoms with Gasteiger partial charge in [-0.15, -0.1) is 0 Å². The van der Waals surface area contributed by atoms with Crippen molar-refractivity contribution in [3.05, 3.63) is 57.6 Å². The highest BCUT2D eigenvalue weighted by molar-refractivity contribution is 9.08. The van der Waals surface area contributed by atoms with E-state index in [1.807, 2.05) is 37.3 Å². The highest BCUT2D eigenvalue weighted by atomic mass is 79.9. The Bertz CT molecular complexity index is 617. The van der Waals surface area contributed by atoms with Gasteiger partial charge in [-0.1, -0.05) is 63.4 Å². The molecule has 112 valence electrons. The molecule has 2 nitrogen and oxygen atoms in total. The van der Waals surface area contributed by atoms with Crippen molar-refractivity contribution in [3.8, 4) is 11.5 Å². The monoisotopic (exact) mass is 388 g/mol. The first kappa shape index (κ1) is 16.5. The molecule has 0 radical (unpaired) electrons. The van der Waals surface area contributed by atoms with Gasteiger partial charge in [0.2, 0.25) is 0 Å². The quantitative estimate of drug-likeness (QED) is 0.575. The van der Waals surface area contributed by atoms with Crippen LogP contribution >= 0.6 is 39.1 Å². The summed E-state index contributed by atoms with van der Waals surface area (Å²) in [5.41, 5.74) is 1.87. The lowest BCUT2D eigenvalue weighted by Crippen LogP contribution is -2.02. The van der Waals surface area contributed by atoms with E-state index in [0.717, 1.165) is 22.6 Å². The molecule has 0 atom stereocenters. The molecular weight excluding hydrogens is 375 g/mol. The molecule has 0 N–H and O–H groups in total. The molecule has 0 aliphatic rings. The van der Waals surface area contributed by atoms with Crippen LogP contribution in [0.3, 0.4) is 0 Å². The molecule has 0 aliphatic carbocycles. The second-order valence-corrected chi connectivity index (χ2v) is 5.66. The lowest BCUT2D eigenvalue weighted by Gasteiger charge is -2.15. The lowest BCUT2D eigenvalue weighted by molar-refractivity contribution is 0.267. The van der Waals surface area contributed by atoms with Crippen molar-refractivity contribution in [2.24, 2.45) is 0 Å². The summed E-state index contributed by atoms with van der Waals surface area (Å²) in [6.45, 7) is 2.86. The van der Waals surface area contributed by atoms with E-state index in [2.05, 4.69) is 15.9 Å². The third-order valence-electron chi connectivity index (χ3n) is 2.91. The van der Waals surface area contributed by atoms with Crippen LogP contribution in [-0.4, -0.2) is 6.61 Å². The van der Waals surface area contributed by atoms with E-state index in [1.54, 1.807) is 6.07 Å². The van der Waals surface area contributed by atoms with Crippen LogP contribution in [0.15, 0.2) is 36.4 Å². The highest BCUT2D eigenvalue weighted by Crippen LogP contribution is 2.34. The summed E-state index contributed by atoms with van der Waals surface area (Å²) in [6, 6.07) is 11.3. The summed E-state index contributed by atoms with van der Waals surface area (Å²) in [5.74, 6) is 1.46. The number of benzene rings is 2. The van der Waals surface area contributed by atoms with E-state index < -0.39 is 0 Å². The molecule has 0 fully saturated rings. The molecule has 0 aliphatic heterocycles. The van der Waals surface area contributed by atoms with Gasteiger partial charge in [-0.2, -0.15) is 0 Å². The van der Waals surface area contributed by atoms with Crippen LogP contribution in [0, 0.1) is 0 Å². The van der Waals surface area contributed by atoms with E-state index in [1.165, 1.54) is 0 Å². The minimum atomic E-state index is 0.337. The summed E-state index contributed by atoms with van der Waals surface area (Å²) in [4.78, 5) is 0. The predicted octanol–water partition coefficient (Wildman–Crippen LogP) is 5.87. The minimum Gasteiger partial charge on any atom is -0.490 e. The van der Waals surface area contributed by atoms with Crippen LogP contribution < -0.4 is 9.47 Å². The molecule has 0 unspecified atom stereocenters. The van der Waals surface area contributed by atoms with Crippen LogP contribution in [0.4, 0.5) is 0 Å². The third-order valence-corrected chi connectivity index (χ3v) is 4.37. The second-order valence-electron chi connectivity index (χ2n) is 4.31. The molecule has 0 bridgehead atoms. The second kappa shape index (κ2) is 7.92. The molecule has 0 aromatic heterocycles. The van der Waals surface area contributed by atoms with Gasteiger partial charge < -0.3 is 9.47 Å². The van der Waals surface area contributed by atoms with Crippen molar-refractivity contribution in [1.29, 1.82) is 0 Å². The normalized spacial score (nSPS) is 10.5. The van der Waals surface area contributed by atoms with Crippen molar-refractivity contribution in [2.45, 2.75) is 18.9 Å². The Kier molecular flexibility index (Phi) is 6.22. The van der Waals surface area contributed by atoms with Gasteiger partial charge in [0.05, 0.1) is 16.7 Å². The van der Waals surface area contributed by atoms with Gasteiger partial charge >= 0.3 is 0 Å². The molecule has 0 saturated heterocycles. The maximum atomic E-state index is 6.18. The van der Waals surface area contributed by atoms with Crippen molar-refractivity contribution >= 4 is 39.1 Å². The molecular formula is C16H15BrCl2O2. The number of alkyl halides is 1. The first-order valence-corrected chi connectivity index (χ1v) is 8.41. The molecule has 0 spiro atoms. The zero-order chi connectivity index (χ0) is 15.2. The first-order chi connectivity index (χ1) is 10.2. The smallest absolute Gasteiger partial charge is 0.165 e. The average Bonchev–Trinajstić information content (AvgIpc) is 2.49. The van der Waals surface area contributed by atoms with Gasteiger partial charge in [0.1, 0.15) is 6.61 Å². The van der Waals surface area contributed by atoms with Crippen molar-refractivity contribution in [2.75, 3.05) is 6.61 Å². The number of halogens is 3. The number of hydrogen-bond donors (Lipinski definition) is 0. The third kappa shape index (κ3) is 4.06. The van der Waals surface area contributed by atoms with Gasteiger partial charge in [0.15, 0.2) is 11.5 Å². The topological polar surface area (TPSA) is 18.5 Å². The minimum absolute atomic E-state index is 0.337. The number of hydrogen-bond acceptors (Lipinski definition) is 2. The Labute approximate surface area is 143 Å². The van der Waals surface area contributed by atoms with Gasteiger partial charge in [-0.3, -0.25) is 0 Å². The summed E-state index contributed by atoms with van der Waals surface area (Å²) in [5, 5.41) is 1.73. The average molecular weight is 390 g/mol. The van der Waals surface area contributed by atoms with Crippen LogP contribution in [0.2, 0.25) is 10.0 Å². The zero-order valence-corrected chi connectivity index (χ0v) is 14.6. The SMILES string of the molecule is CCOc1cccc(CBr)c1OCc1cccc(Cl)c1Cl. The molecule has 5 heteroatoms. The Morgan fingerprint density at radius 3 is 2.43 bits per heavy atom. The van der Waals surface area contributed by atoms with E-state index in [0.29, 0.717) is 28.6 Å². The predicted molar refractivity (Wildman–Crippen MR) is 91.0 cm³/mol. The van der Waals surface area contributed by atoms with Crippen LogP contribution in [0.5, 0.6) is 11.5 Å². The Hall–Kier alpha value is -0.900. The fraction of sp³-hybridized carbons (Fsp3) is 0.250. The van der Waals surface area contributed by atoms with E-state index in [-0.39, 0.29) is 0 Å². The molecule has 21 heavy (non-hydrogen) atoms. The van der Waals surface area contributed by atoms with Gasteiger partial charge in [0, 0.05) is 16.5 Å². The van der Waals surface area contributed by atoms with Crippen LogP contribution in [0.25, 0.3) is 0 Å².